The lowest BCUT2D eigenvalue weighted by molar-refractivity contribution is -0.126. The minimum Gasteiger partial charge on any atom is -0.354 e. The van der Waals surface area contributed by atoms with Crippen molar-refractivity contribution in [3.8, 4) is 0 Å². The van der Waals surface area contributed by atoms with Gasteiger partial charge in [-0.3, -0.25) is 9.79 Å². The zero-order chi connectivity index (χ0) is 18.8. The summed E-state index contributed by atoms with van der Waals surface area (Å²) in [6, 6.07) is 9.26. The number of carbonyl (C=O) groups excluding carboxylic acids is 1. The highest BCUT2D eigenvalue weighted by molar-refractivity contribution is 6.30. The van der Waals surface area contributed by atoms with Gasteiger partial charge in [0.15, 0.2) is 5.96 Å². The second kappa shape index (κ2) is 8.09. The maximum Gasteiger partial charge on any atom is 0.223 e. The molecule has 0 aliphatic heterocycles. The third-order valence-corrected chi connectivity index (χ3v) is 6.16. The van der Waals surface area contributed by atoms with Gasteiger partial charge in [0.05, 0.1) is 0 Å². The Bertz CT molecular complexity index is 718. The fourth-order valence-electron chi connectivity index (χ4n) is 4.11. The van der Waals surface area contributed by atoms with Gasteiger partial charge in [-0.1, -0.05) is 30.2 Å². The first-order chi connectivity index (χ1) is 13.1. The number of aliphatic imine (C=N–C) groups is 1. The van der Waals surface area contributed by atoms with Gasteiger partial charge in [0.1, 0.15) is 0 Å². The van der Waals surface area contributed by atoms with Crippen molar-refractivity contribution >= 4 is 23.5 Å². The third kappa shape index (κ3) is 4.95. The van der Waals surface area contributed by atoms with Crippen LogP contribution in [0.2, 0.25) is 5.02 Å². The summed E-state index contributed by atoms with van der Waals surface area (Å²) in [5.74, 6) is 1.72. The molecule has 1 aromatic carbocycles. The highest BCUT2D eigenvalue weighted by Gasteiger charge is 2.39. The van der Waals surface area contributed by atoms with Crippen LogP contribution in [0, 0.1) is 5.92 Å². The molecule has 0 heterocycles. The fraction of sp³-hybridized carbons (Fsp3) is 0.619. The van der Waals surface area contributed by atoms with E-state index < -0.39 is 0 Å². The van der Waals surface area contributed by atoms with Gasteiger partial charge in [-0.25, -0.2) is 0 Å². The molecule has 0 aromatic heterocycles. The van der Waals surface area contributed by atoms with Crippen molar-refractivity contribution in [3.63, 3.8) is 0 Å². The molecule has 27 heavy (non-hydrogen) atoms. The molecule has 3 saturated carbocycles. The molecule has 0 radical (unpaired) electrons. The molecule has 1 aromatic rings. The molecule has 1 amide bonds. The summed E-state index contributed by atoms with van der Waals surface area (Å²) < 4.78 is 0. The maximum absolute atomic E-state index is 12.4. The van der Waals surface area contributed by atoms with Gasteiger partial charge >= 0.3 is 0 Å². The van der Waals surface area contributed by atoms with Gasteiger partial charge in [-0.05, 0) is 56.2 Å². The largest absolute Gasteiger partial charge is 0.354 e. The molecule has 0 bridgehead atoms. The molecule has 6 heteroatoms. The van der Waals surface area contributed by atoms with Crippen molar-refractivity contribution in [2.24, 2.45) is 10.9 Å². The molecule has 3 aliphatic rings. The average molecular weight is 389 g/mol. The van der Waals surface area contributed by atoms with Crippen LogP contribution >= 0.6 is 11.6 Å². The van der Waals surface area contributed by atoms with Crippen LogP contribution in [0.1, 0.15) is 56.4 Å². The normalized spacial score (nSPS) is 30.5. The summed E-state index contributed by atoms with van der Waals surface area (Å²) >= 11 is 6.11. The number of nitrogens with zero attached hydrogens (tertiary/aromatic N) is 1. The molecule has 3 aliphatic carbocycles. The summed E-state index contributed by atoms with van der Waals surface area (Å²) in [6.07, 6.45) is 7.46. The van der Waals surface area contributed by atoms with E-state index in [1.54, 1.807) is 0 Å². The molecule has 3 fully saturated rings. The summed E-state index contributed by atoms with van der Waals surface area (Å²) in [6.45, 7) is 0. The smallest absolute Gasteiger partial charge is 0.223 e. The van der Waals surface area contributed by atoms with E-state index in [0.29, 0.717) is 24.0 Å². The Kier molecular flexibility index (Phi) is 5.58. The summed E-state index contributed by atoms with van der Waals surface area (Å²) in [4.78, 5) is 16.8. The predicted molar refractivity (Wildman–Crippen MR) is 109 cm³/mol. The molecular weight excluding hydrogens is 360 g/mol. The Morgan fingerprint density at radius 3 is 2.67 bits per heavy atom. The van der Waals surface area contributed by atoms with Crippen molar-refractivity contribution < 1.29 is 4.79 Å². The highest BCUT2D eigenvalue weighted by Crippen LogP contribution is 2.41. The predicted octanol–water partition coefficient (Wildman–Crippen LogP) is 3.20. The van der Waals surface area contributed by atoms with E-state index in [-0.39, 0.29) is 11.8 Å². The second-order valence-electron chi connectivity index (χ2n) is 8.21. The van der Waals surface area contributed by atoms with Crippen LogP contribution in [-0.2, 0) is 4.79 Å². The van der Waals surface area contributed by atoms with Crippen molar-refractivity contribution in [1.29, 1.82) is 0 Å². The molecule has 0 spiro atoms. The monoisotopic (exact) mass is 388 g/mol. The van der Waals surface area contributed by atoms with Crippen LogP contribution in [0.3, 0.4) is 0 Å². The van der Waals surface area contributed by atoms with Crippen molar-refractivity contribution in [2.75, 3.05) is 7.05 Å². The Morgan fingerprint density at radius 2 is 1.93 bits per heavy atom. The molecule has 4 rings (SSSR count). The zero-order valence-corrected chi connectivity index (χ0v) is 16.6. The zero-order valence-electron chi connectivity index (χ0n) is 15.9. The number of hydrogen-bond donors (Lipinski definition) is 3. The number of guanidine groups is 1. The Hall–Kier alpha value is -1.75. The van der Waals surface area contributed by atoms with E-state index in [1.165, 1.54) is 5.56 Å². The van der Waals surface area contributed by atoms with Gasteiger partial charge in [0.2, 0.25) is 5.91 Å². The topological polar surface area (TPSA) is 65.5 Å². The SMILES string of the molecule is CN=C(NC1CCCC(C(=O)NC2CC2)C1)NC1CC1c1cccc(Cl)c1. The summed E-state index contributed by atoms with van der Waals surface area (Å²) in [7, 11) is 1.81. The quantitative estimate of drug-likeness (QED) is 0.536. The van der Waals surface area contributed by atoms with Crippen molar-refractivity contribution in [2.45, 2.75) is 69.0 Å². The minimum atomic E-state index is 0.134. The highest BCUT2D eigenvalue weighted by atomic mass is 35.5. The van der Waals surface area contributed by atoms with E-state index >= 15 is 0 Å². The number of carbonyl (C=O) groups is 1. The molecule has 4 unspecified atom stereocenters. The van der Waals surface area contributed by atoms with E-state index in [9.17, 15) is 4.79 Å². The van der Waals surface area contributed by atoms with Crippen LogP contribution in [0.15, 0.2) is 29.3 Å². The molecule has 3 N–H and O–H groups in total. The van der Waals surface area contributed by atoms with Crippen LogP contribution in [-0.4, -0.2) is 37.0 Å². The van der Waals surface area contributed by atoms with E-state index in [1.807, 2.05) is 25.2 Å². The first kappa shape index (κ1) is 18.6. The first-order valence-corrected chi connectivity index (χ1v) is 10.6. The Morgan fingerprint density at radius 1 is 1.07 bits per heavy atom. The van der Waals surface area contributed by atoms with Crippen LogP contribution in [0.25, 0.3) is 0 Å². The maximum atomic E-state index is 12.4. The lowest BCUT2D eigenvalue weighted by atomic mass is 9.85. The molecular formula is C21H29ClN4O. The number of nitrogens with one attached hydrogen (secondary N) is 3. The Labute approximate surface area is 166 Å². The van der Waals surface area contributed by atoms with E-state index in [0.717, 1.165) is 55.9 Å². The van der Waals surface area contributed by atoms with Crippen LogP contribution in [0.5, 0.6) is 0 Å². The molecule has 0 saturated heterocycles. The number of hydrogen-bond acceptors (Lipinski definition) is 2. The Balaban J connectivity index is 1.27. The standard InChI is InChI=1S/C21H29ClN4O/c1-23-21(26-19-12-18(19)13-4-2-6-15(22)10-13)25-17-7-3-5-14(11-17)20(27)24-16-8-9-16/h2,4,6,10,14,16-19H,3,5,7-9,11-12H2,1H3,(H,24,27)(H2,23,25,26). The van der Waals surface area contributed by atoms with Crippen LogP contribution in [0.4, 0.5) is 0 Å². The van der Waals surface area contributed by atoms with Crippen molar-refractivity contribution in [3.05, 3.63) is 34.9 Å². The minimum absolute atomic E-state index is 0.134. The van der Waals surface area contributed by atoms with E-state index in [2.05, 4.69) is 27.0 Å². The average Bonchev–Trinajstić information content (AvgIpc) is 3.58. The summed E-state index contributed by atoms with van der Waals surface area (Å²) in [5, 5.41) is 11.0. The van der Waals surface area contributed by atoms with Gasteiger partial charge in [0.25, 0.3) is 0 Å². The van der Waals surface area contributed by atoms with Gasteiger partial charge < -0.3 is 16.0 Å². The fourth-order valence-corrected chi connectivity index (χ4v) is 4.30. The number of amides is 1. The van der Waals surface area contributed by atoms with Gasteiger partial charge in [0, 0.05) is 42.0 Å². The lowest BCUT2D eigenvalue weighted by Crippen LogP contribution is -2.47. The first-order valence-electron chi connectivity index (χ1n) is 10.2. The molecule has 146 valence electrons. The molecule has 4 atom stereocenters. The van der Waals surface area contributed by atoms with E-state index in [4.69, 9.17) is 11.6 Å². The number of benzene rings is 1. The lowest BCUT2D eigenvalue weighted by Gasteiger charge is -2.30. The van der Waals surface area contributed by atoms with Gasteiger partial charge in [-0.2, -0.15) is 0 Å². The van der Waals surface area contributed by atoms with Crippen molar-refractivity contribution in [1.82, 2.24) is 16.0 Å². The molecule has 5 nitrogen and oxygen atoms in total. The number of rotatable bonds is 5. The third-order valence-electron chi connectivity index (χ3n) is 5.92. The van der Waals surface area contributed by atoms with Gasteiger partial charge in [-0.15, -0.1) is 0 Å². The van der Waals surface area contributed by atoms with Crippen LogP contribution < -0.4 is 16.0 Å². The summed E-state index contributed by atoms with van der Waals surface area (Å²) in [5.41, 5.74) is 1.28. The number of halogens is 1. The second-order valence-corrected chi connectivity index (χ2v) is 8.64.